The summed E-state index contributed by atoms with van der Waals surface area (Å²) in [6.07, 6.45) is 1.35. The van der Waals surface area contributed by atoms with E-state index in [1.165, 1.54) is 6.08 Å². The van der Waals surface area contributed by atoms with Gasteiger partial charge in [-0.1, -0.05) is 6.58 Å². The minimum atomic E-state index is 0.0450. The number of carbonyl (C=O) groups excluding carboxylic acids is 1. The van der Waals surface area contributed by atoms with Gasteiger partial charge in [0.1, 0.15) is 0 Å². The van der Waals surface area contributed by atoms with E-state index >= 15 is 0 Å². The molecule has 0 spiro atoms. The summed E-state index contributed by atoms with van der Waals surface area (Å²) in [5.41, 5.74) is 0. The standard InChI is InChI=1S/C9H15IN2O2/c1-2-9(14)6-11-3-4-12(10)8(5-11)7-13/h2,8,13H,1,3-7H2/t8-/m1/s1. The Kier molecular flexibility index (Phi) is 5.00. The molecule has 0 amide bonds. The summed E-state index contributed by atoms with van der Waals surface area (Å²) < 4.78 is 2.09. The van der Waals surface area contributed by atoms with Crippen molar-refractivity contribution in [3.63, 3.8) is 0 Å². The Balaban J connectivity index is 2.42. The highest BCUT2D eigenvalue weighted by Gasteiger charge is 2.25. The van der Waals surface area contributed by atoms with Gasteiger partial charge in [-0.25, -0.2) is 3.11 Å². The van der Waals surface area contributed by atoms with E-state index in [0.717, 1.165) is 19.6 Å². The van der Waals surface area contributed by atoms with Crippen LogP contribution in [-0.2, 0) is 4.79 Å². The molecule has 1 aliphatic heterocycles. The molecule has 0 aromatic heterocycles. The lowest BCUT2D eigenvalue weighted by molar-refractivity contribution is -0.116. The number of piperazine rings is 1. The van der Waals surface area contributed by atoms with Gasteiger partial charge in [-0.05, 0) is 6.08 Å². The zero-order valence-corrected chi connectivity index (χ0v) is 10.2. The van der Waals surface area contributed by atoms with Crippen LogP contribution in [0.2, 0.25) is 0 Å². The van der Waals surface area contributed by atoms with Gasteiger partial charge in [0.15, 0.2) is 5.78 Å². The first-order valence-electron chi connectivity index (χ1n) is 4.58. The summed E-state index contributed by atoms with van der Waals surface area (Å²) in [5.74, 6) is 0.0450. The molecule has 0 aromatic rings. The number of rotatable bonds is 4. The third-order valence-electron chi connectivity index (χ3n) is 2.31. The first-order valence-corrected chi connectivity index (χ1v) is 5.54. The van der Waals surface area contributed by atoms with E-state index in [9.17, 15) is 4.79 Å². The molecule has 0 radical (unpaired) electrons. The van der Waals surface area contributed by atoms with E-state index in [0.29, 0.717) is 6.54 Å². The number of hydrogen-bond acceptors (Lipinski definition) is 4. The Hall–Kier alpha value is 0.0200. The molecule has 1 heterocycles. The molecule has 0 aliphatic carbocycles. The summed E-state index contributed by atoms with van der Waals surface area (Å²) in [6.45, 7) is 6.51. The summed E-state index contributed by atoms with van der Waals surface area (Å²) >= 11 is 2.21. The first-order chi connectivity index (χ1) is 6.67. The minimum Gasteiger partial charge on any atom is -0.395 e. The number of carbonyl (C=O) groups is 1. The molecule has 1 N–H and O–H groups in total. The Morgan fingerprint density at radius 3 is 2.93 bits per heavy atom. The first kappa shape index (κ1) is 12.1. The maximum Gasteiger partial charge on any atom is 0.169 e. The lowest BCUT2D eigenvalue weighted by atomic mass is 10.2. The van der Waals surface area contributed by atoms with Crippen LogP contribution in [-0.4, -0.2) is 57.7 Å². The summed E-state index contributed by atoms with van der Waals surface area (Å²) in [7, 11) is 0. The number of aliphatic hydroxyl groups is 1. The number of halogens is 1. The molecule has 4 nitrogen and oxygen atoms in total. The van der Waals surface area contributed by atoms with Crippen LogP contribution in [0.3, 0.4) is 0 Å². The Labute approximate surface area is 98.1 Å². The van der Waals surface area contributed by atoms with Crippen LogP contribution in [0, 0.1) is 0 Å². The van der Waals surface area contributed by atoms with Crippen molar-refractivity contribution in [3.05, 3.63) is 12.7 Å². The zero-order chi connectivity index (χ0) is 10.6. The minimum absolute atomic E-state index is 0.0450. The van der Waals surface area contributed by atoms with Crippen molar-refractivity contribution in [1.82, 2.24) is 8.01 Å². The van der Waals surface area contributed by atoms with Crippen molar-refractivity contribution in [3.8, 4) is 0 Å². The van der Waals surface area contributed by atoms with Crippen LogP contribution < -0.4 is 0 Å². The van der Waals surface area contributed by atoms with Crippen molar-refractivity contribution in [1.29, 1.82) is 0 Å². The predicted octanol–water partition coefficient (Wildman–Crippen LogP) is 0.0700. The predicted molar refractivity (Wildman–Crippen MR) is 63.2 cm³/mol. The van der Waals surface area contributed by atoms with Gasteiger partial charge in [0.2, 0.25) is 0 Å². The van der Waals surface area contributed by atoms with Crippen LogP contribution in [0.4, 0.5) is 0 Å². The van der Waals surface area contributed by atoms with Crippen molar-refractivity contribution in [2.24, 2.45) is 0 Å². The smallest absolute Gasteiger partial charge is 0.169 e. The fourth-order valence-corrected chi connectivity index (χ4v) is 2.04. The van der Waals surface area contributed by atoms with Crippen molar-refractivity contribution < 1.29 is 9.90 Å². The van der Waals surface area contributed by atoms with Gasteiger partial charge in [0, 0.05) is 42.5 Å². The molecular weight excluding hydrogens is 295 g/mol. The second kappa shape index (κ2) is 5.79. The second-order valence-electron chi connectivity index (χ2n) is 3.37. The topological polar surface area (TPSA) is 43.8 Å². The van der Waals surface area contributed by atoms with Crippen LogP contribution in [0.1, 0.15) is 0 Å². The van der Waals surface area contributed by atoms with Crippen LogP contribution in [0.5, 0.6) is 0 Å². The molecule has 14 heavy (non-hydrogen) atoms. The third kappa shape index (κ3) is 3.30. The van der Waals surface area contributed by atoms with E-state index in [1.54, 1.807) is 0 Å². The number of ketones is 1. The molecule has 0 aromatic carbocycles. The molecular formula is C9H15IN2O2. The van der Waals surface area contributed by atoms with Crippen LogP contribution in [0.15, 0.2) is 12.7 Å². The van der Waals surface area contributed by atoms with E-state index < -0.39 is 0 Å². The van der Waals surface area contributed by atoms with Gasteiger partial charge in [0.25, 0.3) is 0 Å². The maximum absolute atomic E-state index is 11.1. The average molecular weight is 310 g/mol. The van der Waals surface area contributed by atoms with Crippen molar-refractivity contribution in [2.45, 2.75) is 6.04 Å². The van der Waals surface area contributed by atoms with Crippen molar-refractivity contribution >= 4 is 28.6 Å². The van der Waals surface area contributed by atoms with Gasteiger partial charge < -0.3 is 5.11 Å². The fourth-order valence-electron chi connectivity index (χ4n) is 1.47. The molecule has 0 bridgehead atoms. The van der Waals surface area contributed by atoms with E-state index in [4.69, 9.17) is 5.11 Å². The largest absolute Gasteiger partial charge is 0.395 e. The number of aliphatic hydroxyl groups excluding tert-OH is 1. The highest BCUT2D eigenvalue weighted by Crippen LogP contribution is 2.13. The Morgan fingerprint density at radius 2 is 2.36 bits per heavy atom. The maximum atomic E-state index is 11.1. The van der Waals surface area contributed by atoms with Gasteiger partial charge in [0.05, 0.1) is 19.2 Å². The number of hydrogen-bond donors (Lipinski definition) is 1. The zero-order valence-electron chi connectivity index (χ0n) is 8.03. The van der Waals surface area contributed by atoms with Gasteiger partial charge in [-0.15, -0.1) is 0 Å². The summed E-state index contributed by atoms with van der Waals surface area (Å²) in [6, 6.07) is 0.141. The molecule has 1 saturated heterocycles. The normalized spacial score (nSPS) is 24.9. The fraction of sp³-hybridized carbons (Fsp3) is 0.667. The highest BCUT2D eigenvalue weighted by atomic mass is 127. The molecule has 0 unspecified atom stereocenters. The Bertz CT molecular complexity index is 223. The summed E-state index contributed by atoms with van der Waals surface area (Å²) in [4.78, 5) is 13.2. The average Bonchev–Trinajstić information content (AvgIpc) is 2.20. The Morgan fingerprint density at radius 1 is 1.64 bits per heavy atom. The van der Waals surface area contributed by atoms with Gasteiger partial charge in [-0.2, -0.15) is 0 Å². The van der Waals surface area contributed by atoms with E-state index in [1.807, 2.05) is 0 Å². The van der Waals surface area contributed by atoms with Gasteiger partial charge in [-0.3, -0.25) is 9.69 Å². The molecule has 80 valence electrons. The van der Waals surface area contributed by atoms with E-state index in [-0.39, 0.29) is 18.4 Å². The molecule has 1 fully saturated rings. The lowest BCUT2D eigenvalue weighted by Crippen LogP contribution is -2.51. The van der Waals surface area contributed by atoms with Crippen LogP contribution in [0.25, 0.3) is 0 Å². The molecule has 1 atom stereocenters. The molecule has 1 rings (SSSR count). The quantitative estimate of drug-likeness (QED) is 0.453. The third-order valence-corrected chi connectivity index (χ3v) is 3.58. The highest BCUT2D eigenvalue weighted by molar-refractivity contribution is 14.1. The lowest BCUT2D eigenvalue weighted by Gasteiger charge is -2.36. The SMILES string of the molecule is C=CC(=O)CN1CCN(I)[C@@H](CO)C1. The molecule has 1 aliphatic rings. The van der Waals surface area contributed by atoms with E-state index in [2.05, 4.69) is 37.5 Å². The van der Waals surface area contributed by atoms with Crippen molar-refractivity contribution in [2.75, 3.05) is 32.8 Å². The monoisotopic (exact) mass is 310 g/mol. The number of nitrogens with zero attached hydrogens (tertiary/aromatic N) is 2. The van der Waals surface area contributed by atoms with Gasteiger partial charge >= 0.3 is 0 Å². The summed E-state index contributed by atoms with van der Waals surface area (Å²) in [5, 5.41) is 9.09. The molecule has 0 saturated carbocycles. The second-order valence-corrected chi connectivity index (χ2v) is 4.60. The van der Waals surface area contributed by atoms with Crippen LogP contribution >= 0.6 is 22.9 Å². The molecule has 5 heteroatoms.